The van der Waals surface area contributed by atoms with E-state index in [1.165, 1.54) is 4.90 Å². The van der Waals surface area contributed by atoms with Crippen LogP contribution in [0.15, 0.2) is 18.3 Å². The van der Waals surface area contributed by atoms with Gasteiger partial charge in [-0.15, -0.1) is 0 Å². The van der Waals surface area contributed by atoms with E-state index >= 15 is 0 Å². The Balaban J connectivity index is 2.17. The molecule has 1 aromatic heterocycles. The number of carboxylic acid groups (broad SMARTS) is 1. The molecule has 0 aliphatic carbocycles. The fraction of sp³-hybridized carbons (Fsp3) is 0.500. The number of likely N-dealkylation sites (tertiary alicyclic amines) is 1. The first kappa shape index (κ1) is 16.3. The lowest BCUT2D eigenvalue weighted by Gasteiger charge is -2.36. The molecule has 0 aromatic carbocycles. The second-order valence-corrected chi connectivity index (χ2v) is 5.35. The molecule has 8 heteroatoms. The summed E-state index contributed by atoms with van der Waals surface area (Å²) in [7, 11) is 0. The summed E-state index contributed by atoms with van der Waals surface area (Å²) < 4.78 is 37.4. The van der Waals surface area contributed by atoms with Crippen molar-refractivity contribution in [1.82, 2.24) is 9.88 Å². The molecule has 0 bridgehead atoms. The van der Waals surface area contributed by atoms with Gasteiger partial charge in [0.2, 0.25) is 0 Å². The molecule has 1 aromatic rings. The predicted octanol–water partition coefficient (Wildman–Crippen LogP) is 2.43. The third-order valence-corrected chi connectivity index (χ3v) is 3.80. The maximum atomic E-state index is 12.5. The van der Waals surface area contributed by atoms with E-state index in [9.17, 15) is 22.8 Å². The van der Waals surface area contributed by atoms with Crippen LogP contribution in [0.5, 0.6) is 0 Å². The molecule has 1 aliphatic heterocycles. The summed E-state index contributed by atoms with van der Waals surface area (Å²) in [5.74, 6) is -2.19. The largest absolute Gasteiger partial charge is 0.481 e. The van der Waals surface area contributed by atoms with Crippen LogP contribution in [0, 0.1) is 5.92 Å². The van der Waals surface area contributed by atoms with E-state index in [0.717, 1.165) is 12.1 Å². The highest BCUT2D eigenvalue weighted by molar-refractivity contribution is 5.93. The fourth-order valence-corrected chi connectivity index (χ4v) is 2.43. The lowest BCUT2D eigenvalue weighted by Crippen LogP contribution is -2.47. The van der Waals surface area contributed by atoms with Gasteiger partial charge in [-0.25, -0.2) is 0 Å². The summed E-state index contributed by atoms with van der Waals surface area (Å²) >= 11 is 0. The number of aliphatic carboxylic acids is 1. The minimum atomic E-state index is -4.51. The van der Waals surface area contributed by atoms with Crippen LogP contribution in [0.2, 0.25) is 0 Å². The fourth-order valence-electron chi connectivity index (χ4n) is 2.43. The average Bonchev–Trinajstić information content (AvgIpc) is 2.46. The first-order valence-corrected chi connectivity index (χ1v) is 6.77. The van der Waals surface area contributed by atoms with Gasteiger partial charge < -0.3 is 10.0 Å². The highest BCUT2D eigenvalue weighted by atomic mass is 19.4. The van der Waals surface area contributed by atoms with Crippen molar-refractivity contribution in [1.29, 1.82) is 0 Å². The Morgan fingerprint density at radius 1 is 1.32 bits per heavy atom. The monoisotopic (exact) mass is 316 g/mol. The van der Waals surface area contributed by atoms with Crippen molar-refractivity contribution in [3.8, 4) is 0 Å². The molecule has 1 saturated heterocycles. The molecule has 1 N–H and O–H groups in total. The van der Waals surface area contributed by atoms with E-state index in [4.69, 9.17) is 5.11 Å². The van der Waals surface area contributed by atoms with Gasteiger partial charge in [0.25, 0.3) is 5.91 Å². The number of hydrogen-bond acceptors (Lipinski definition) is 3. The average molecular weight is 316 g/mol. The Labute approximate surface area is 124 Å². The minimum Gasteiger partial charge on any atom is -0.481 e. The first-order chi connectivity index (χ1) is 10.2. The number of rotatable bonds is 2. The van der Waals surface area contributed by atoms with Crippen LogP contribution in [0.3, 0.4) is 0 Å². The van der Waals surface area contributed by atoms with Gasteiger partial charge in [-0.2, -0.15) is 13.2 Å². The van der Waals surface area contributed by atoms with E-state index in [0.29, 0.717) is 19.0 Å². The Bertz CT molecular complexity index is 572. The van der Waals surface area contributed by atoms with Crippen LogP contribution < -0.4 is 0 Å². The van der Waals surface area contributed by atoms with E-state index < -0.39 is 29.5 Å². The number of piperidine rings is 1. The quantitative estimate of drug-likeness (QED) is 0.909. The zero-order valence-electron chi connectivity index (χ0n) is 11.8. The van der Waals surface area contributed by atoms with Gasteiger partial charge in [-0.3, -0.25) is 14.6 Å². The molecule has 2 atom stereocenters. The number of carbonyl (C=O) groups excluding carboxylic acids is 1. The van der Waals surface area contributed by atoms with E-state index in [-0.39, 0.29) is 18.3 Å². The van der Waals surface area contributed by atoms with E-state index in [2.05, 4.69) is 4.98 Å². The van der Waals surface area contributed by atoms with Crippen molar-refractivity contribution >= 4 is 11.9 Å². The predicted molar refractivity (Wildman–Crippen MR) is 70.1 cm³/mol. The topological polar surface area (TPSA) is 70.5 Å². The van der Waals surface area contributed by atoms with Crippen LogP contribution in [-0.4, -0.2) is 39.5 Å². The summed E-state index contributed by atoms with van der Waals surface area (Å²) in [6, 6.07) is 1.64. The smallest absolute Gasteiger partial charge is 0.417 e. The second kappa shape index (κ2) is 5.94. The number of alkyl halides is 3. The molecular weight excluding hydrogens is 301 g/mol. The van der Waals surface area contributed by atoms with Gasteiger partial charge in [0.15, 0.2) is 0 Å². The Hall–Kier alpha value is -2.12. The van der Waals surface area contributed by atoms with E-state index in [1.54, 1.807) is 6.92 Å². The number of hydrogen-bond donors (Lipinski definition) is 1. The SMILES string of the molecule is CC1CCC(C(=O)O)CN1C(=O)c1ccc(C(F)(F)F)cn1. The van der Waals surface area contributed by atoms with Gasteiger partial charge in [0.1, 0.15) is 5.69 Å². The molecule has 1 aliphatic rings. The maximum Gasteiger partial charge on any atom is 0.417 e. The third-order valence-electron chi connectivity index (χ3n) is 3.80. The molecule has 2 unspecified atom stereocenters. The van der Waals surface area contributed by atoms with E-state index in [1.807, 2.05) is 0 Å². The van der Waals surface area contributed by atoms with Crippen LogP contribution in [0.1, 0.15) is 35.8 Å². The zero-order chi connectivity index (χ0) is 16.5. The molecule has 5 nitrogen and oxygen atoms in total. The molecule has 1 amide bonds. The highest BCUT2D eigenvalue weighted by Crippen LogP contribution is 2.29. The molecule has 2 rings (SSSR count). The van der Waals surface area contributed by atoms with Crippen molar-refractivity contribution in [2.75, 3.05) is 6.54 Å². The van der Waals surface area contributed by atoms with Crippen molar-refractivity contribution in [3.05, 3.63) is 29.6 Å². The standard InChI is InChI=1S/C14H15F3N2O3/c1-8-2-3-9(13(21)22)7-19(8)12(20)11-5-4-10(6-18-11)14(15,16)17/h4-6,8-9H,2-3,7H2,1H3,(H,21,22). The lowest BCUT2D eigenvalue weighted by molar-refractivity contribution is -0.143. The Morgan fingerprint density at radius 2 is 2.00 bits per heavy atom. The van der Waals surface area contributed by atoms with Crippen LogP contribution >= 0.6 is 0 Å². The summed E-state index contributed by atoms with van der Waals surface area (Å²) in [5.41, 5.74) is -1.05. The highest BCUT2D eigenvalue weighted by Gasteiger charge is 2.34. The molecule has 22 heavy (non-hydrogen) atoms. The summed E-state index contributed by atoms with van der Waals surface area (Å²) in [4.78, 5) is 28.3. The minimum absolute atomic E-state index is 0.0397. The summed E-state index contributed by atoms with van der Waals surface area (Å²) in [6.45, 7) is 1.82. The van der Waals surface area contributed by atoms with Crippen molar-refractivity contribution in [2.45, 2.75) is 32.0 Å². The summed E-state index contributed by atoms with van der Waals surface area (Å²) in [6.07, 6.45) is -2.90. The van der Waals surface area contributed by atoms with Gasteiger partial charge in [-0.1, -0.05) is 0 Å². The number of amides is 1. The molecule has 2 heterocycles. The Kier molecular flexibility index (Phi) is 4.39. The molecule has 1 fully saturated rings. The molecular formula is C14H15F3N2O3. The van der Waals surface area contributed by atoms with Crippen LogP contribution in [0.25, 0.3) is 0 Å². The number of halogens is 3. The lowest BCUT2D eigenvalue weighted by atomic mass is 9.93. The second-order valence-electron chi connectivity index (χ2n) is 5.35. The van der Waals surface area contributed by atoms with Crippen molar-refractivity contribution in [3.63, 3.8) is 0 Å². The number of nitrogens with zero attached hydrogens (tertiary/aromatic N) is 2. The first-order valence-electron chi connectivity index (χ1n) is 6.77. The van der Waals surface area contributed by atoms with Crippen molar-refractivity contribution in [2.24, 2.45) is 5.92 Å². The molecule has 120 valence electrons. The third kappa shape index (κ3) is 3.37. The number of carbonyl (C=O) groups is 2. The molecule has 0 radical (unpaired) electrons. The molecule has 0 saturated carbocycles. The number of pyridine rings is 1. The van der Waals surface area contributed by atoms with Crippen LogP contribution in [-0.2, 0) is 11.0 Å². The maximum absolute atomic E-state index is 12.5. The molecule has 0 spiro atoms. The van der Waals surface area contributed by atoms with Crippen molar-refractivity contribution < 1.29 is 27.9 Å². The normalized spacial score (nSPS) is 22.5. The summed E-state index contributed by atoms with van der Waals surface area (Å²) in [5, 5.41) is 9.04. The number of carboxylic acids is 1. The Morgan fingerprint density at radius 3 is 2.50 bits per heavy atom. The number of aromatic nitrogens is 1. The van der Waals surface area contributed by atoms with Gasteiger partial charge in [0.05, 0.1) is 11.5 Å². The zero-order valence-corrected chi connectivity index (χ0v) is 11.8. The van der Waals surface area contributed by atoms with Crippen LogP contribution in [0.4, 0.5) is 13.2 Å². The van der Waals surface area contributed by atoms with Gasteiger partial charge in [-0.05, 0) is 31.9 Å². The van der Waals surface area contributed by atoms with Gasteiger partial charge >= 0.3 is 12.1 Å². The van der Waals surface area contributed by atoms with Gasteiger partial charge in [0, 0.05) is 18.8 Å².